The minimum atomic E-state index is -0.0555. The summed E-state index contributed by atoms with van der Waals surface area (Å²) in [6.45, 7) is 0. The number of rotatable bonds is 7. The molecule has 0 radical (unpaired) electrons. The molecular formula is C18H21NO4. The van der Waals surface area contributed by atoms with Crippen LogP contribution in [-0.4, -0.2) is 27.2 Å². The first-order valence-electron chi connectivity index (χ1n) is 7.30. The maximum Gasteiger partial charge on any atom is 0.224 e. The fourth-order valence-corrected chi connectivity index (χ4v) is 2.19. The molecule has 0 heterocycles. The highest BCUT2D eigenvalue weighted by atomic mass is 16.5. The summed E-state index contributed by atoms with van der Waals surface area (Å²) in [6, 6.07) is 12.9. The van der Waals surface area contributed by atoms with Crippen molar-refractivity contribution in [2.24, 2.45) is 0 Å². The van der Waals surface area contributed by atoms with Crippen molar-refractivity contribution in [3.05, 3.63) is 48.0 Å². The third-order valence-electron chi connectivity index (χ3n) is 3.41. The number of nitrogens with one attached hydrogen (secondary N) is 1. The Morgan fingerprint density at radius 1 is 0.913 bits per heavy atom. The summed E-state index contributed by atoms with van der Waals surface area (Å²) in [5.41, 5.74) is 1.71. The standard InChI is InChI=1S/C18H21NO4/c1-21-15-6-4-5-14(11-15)19-18(20)8-7-13-9-16(22-2)12-17(10-13)23-3/h4-6,9-12H,7-8H2,1-3H3,(H,19,20). The van der Waals surface area contributed by atoms with Crippen molar-refractivity contribution < 1.29 is 19.0 Å². The van der Waals surface area contributed by atoms with Gasteiger partial charge < -0.3 is 19.5 Å². The first-order valence-corrected chi connectivity index (χ1v) is 7.30. The molecule has 0 spiro atoms. The van der Waals surface area contributed by atoms with Crippen LogP contribution >= 0.6 is 0 Å². The molecule has 5 heteroatoms. The van der Waals surface area contributed by atoms with Gasteiger partial charge in [0, 0.05) is 24.2 Å². The van der Waals surface area contributed by atoms with E-state index in [0.717, 1.165) is 11.3 Å². The van der Waals surface area contributed by atoms with E-state index in [0.29, 0.717) is 30.1 Å². The Balaban J connectivity index is 1.96. The monoisotopic (exact) mass is 315 g/mol. The van der Waals surface area contributed by atoms with E-state index in [9.17, 15) is 4.79 Å². The highest BCUT2D eigenvalue weighted by Crippen LogP contribution is 2.23. The third kappa shape index (κ3) is 4.92. The highest BCUT2D eigenvalue weighted by molar-refractivity contribution is 5.91. The summed E-state index contributed by atoms with van der Waals surface area (Å²) >= 11 is 0. The van der Waals surface area contributed by atoms with Crippen LogP contribution in [0.4, 0.5) is 5.69 Å². The van der Waals surface area contributed by atoms with Crippen molar-refractivity contribution in [1.82, 2.24) is 0 Å². The maximum absolute atomic E-state index is 12.1. The van der Waals surface area contributed by atoms with E-state index < -0.39 is 0 Å². The molecule has 2 rings (SSSR count). The van der Waals surface area contributed by atoms with Gasteiger partial charge in [-0.25, -0.2) is 0 Å². The van der Waals surface area contributed by atoms with Gasteiger partial charge in [0.05, 0.1) is 21.3 Å². The minimum absolute atomic E-state index is 0.0555. The summed E-state index contributed by atoms with van der Waals surface area (Å²) in [6.07, 6.45) is 0.969. The molecule has 2 aromatic carbocycles. The van der Waals surface area contributed by atoms with Gasteiger partial charge in [-0.2, -0.15) is 0 Å². The van der Waals surface area contributed by atoms with Gasteiger partial charge in [-0.05, 0) is 36.2 Å². The van der Waals surface area contributed by atoms with Gasteiger partial charge in [-0.15, -0.1) is 0 Å². The van der Waals surface area contributed by atoms with E-state index in [1.54, 1.807) is 33.5 Å². The summed E-state index contributed by atoms with van der Waals surface area (Å²) in [4.78, 5) is 12.1. The second kappa shape index (κ2) is 8.08. The third-order valence-corrected chi connectivity index (χ3v) is 3.41. The Hall–Kier alpha value is -2.69. The number of methoxy groups -OCH3 is 3. The number of amides is 1. The molecule has 0 aliphatic carbocycles. The van der Waals surface area contributed by atoms with E-state index in [-0.39, 0.29) is 5.91 Å². The summed E-state index contributed by atoms with van der Waals surface area (Å²) < 4.78 is 15.6. The van der Waals surface area contributed by atoms with Crippen LogP contribution in [-0.2, 0) is 11.2 Å². The van der Waals surface area contributed by atoms with Crippen molar-refractivity contribution in [3.8, 4) is 17.2 Å². The zero-order valence-electron chi connectivity index (χ0n) is 13.6. The molecule has 1 N–H and O–H groups in total. The quantitative estimate of drug-likeness (QED) is 0.852. The van der Waals surface area contributed by atoms with E-state index in [1.165, 1.54) is 0 Å². The number of carbonyl (C=O) groups excluding carboxylic acids is 1. The molecule has 0 aliphatic rings. The van der Waals surface area contributed by atoms with E-state index in [2.05, 4.69) is 5.32 Å². The molecule has 23 heavy (non-hydrogen) atoms. The molecule has 1 amide bonds. The van der Waals surface area contributed by atoms with Crippen molar-refractivity contribution in [2.45, 2.75) is 12.8 Å². The van der Waals surface area contributed by atoms with Crippen LogP contribution < -0.4 is 19.5 Å². The molecule has 0 bridgehead atoms. The molecule has 0 aromatic heterocycles. The van der Waals surface area contributed by atoms with Crippen molar-refractivity contribution in [3.63, 3.8) is 0 Å². The lowest BCUT2D eigenvalue weighted by molar-refractivity contribution is -0.116. The van der Waals surface area contributed by atoms with E-state index in [4.69, 9.17) is 14.2 Å². The number of aryl methyl sites for hydroxylation is 1. The maximum atomic E-state index is 12.1. The normalized spacial score (nSPS) is 10.0. The molecule has 0 atom stereocenters. The summed E-state index contributed by atoms with van der Waals surface area (Å²) in [5.74, 6) is 2.08. The van der Waals surface area contributed by atoms with Gasteiger partial charge in [0.15, 0.2) is 0 Å². The Morgan fingerprint density at radius 3 is 2.17 bits per heavy atom. The lowest BCUT2D eigenvalue weighted by atomic mass is 10.1. The van der Waals surface area contributed by atoms with Crippen molar-refractivity contribution >= 4 is 11.6 Å². The van der Waals surface area contributed by atoms with Crippen LogP contribution in [0.2, 0.25) is 0 Å². The fourth-order valence-electron chi connectivity index (χ4n) is 2.19. The van der Waals surface area contributed by atoms with E-state index >= 15 is 0 Å². The molecule has 2 aromatic rings. The minimum Gasteiger partial charge on any atom is -0.497 e. The molecular weight excluding hydrogens is 294 g/mol. The second-order valence-corrected chi connectivity index (χ2v) is 5.00. The number of benzene rings is 2. The van der Waals surface area contributed by atoms with Gasteiger partial charge in [0.2, 0.25) is 5.91 Å². The molecule has 0 aliphatic heterocycles. The average Bonchev–Trinajstić information content (AvgIpc) is 2.59. The largest absolute Gasteiger partial charge is 0.497 e. The van der Waals surface area contributed by atoms with Crippen molar-refractivity contribution in [1.29, 1.82) is 0 Å². The van der Waals surface area contributed by atoms with Crippen LogP contribution in [0, 0.1) is 0 Å². The zero-order valence-corrected chi connectivity index (χ0v) is 13.6. The van der Waals surface area contributed by atoms with Gasteiger partial charge in [-0.3, -0.25) is 4.79 Å². The fraction of sp³-hybridized carbons (Fsp3) is 0.278. The molecule has 122 valence electrons. The van der Waals surface area contributed by atoms with Gasteiger partial charge in [0.1, 0.15) is 17.2 Å². The number of hydrogen-bond donors (Lipinski definition) is 1. The Labute approximate surface area is 136 Å². The Kier molecular flexibility index (Phi) is 5.86. The summed E-state index contributed by atoms with van der Waals surface area (Å²) in [7, 11) is 4.80. The van der Waals surface area contributed by atoms with Crippen LogP contribution in [0.1, 0.15) is 12.0 Å². The molecule has 0 saturated heterocycles. The first-order chi connectivity index (χ1) is 11.1. The SMILES string of the molecule is COc1cccc(NC(=O)CCc2cc(OC)cc(OC)c2)c1. The molecule has 0 fully saturated rings. The molecule has 0 saturated carbocycles. The van der Waals surface area contributed by atoms with E-state index in [1.807, 2.05) is 30.3 Å². The lowest BCUT2D eigenvalue weighted by Gasteiger charge is -2.09. The first kappa shape index (κ1) is 16.7. The average molecular weight is 315 g/mol. The lowest BCUT2D eigenvalue weighted by Crippen LogP contribution is -2.12. The predicted molar refractivity (Wildman–Crippen MR) is 89.5 cm³/mol. The van der Waals surface area contributed by atoms with Crippen molar-refractivity contribution in [2.75, 3.05) is 26.6 Å². The van der Waals surface area contributed by atoms with Gasteiger partial charge in [0.25, 0.3) is 0 Å². The zero-order chi connectivity index (χ0) is 16.7. The second-order valence-electron chi connectivity index (χ2n) is 5.00. The Bertz CT molecular complexity index is 648. The van der Waals surface area contributed by atoms with Crippen LogP contribution in [0.15, 0.2) is 42.5 Å². The van der Waals surface area contributed by atoms with Crippen LogP contribution in [0.25, 0.3) is 0 Å². The number of anilines is 1. The molecule has 0 unspecified atom stereocenters. The van der Waals surface area contributed by atoms with Gasteiger partial charge >= 0.3 is 0 Å². The predicted octanol–water partition coefficient (Wildman–Crippen LogP) is 3.28. The van der Waals surface area contributed by atoms with Crippen LogP contribution in [0.3, 0.4) is 0 Å². The Morgan fingerprint density at radius 2 is 1.57 bits per heavy atom. The number of carbonyl (C=O) groups is 1. The number of hydrogen-bond acceptors (Lipinski definition) is 4. The highest BCUT2D eigenvalue weighted by Gasteiger charge is 2.07. The topological polar surface area (TPSA) is 56.8 Å². The number of ether oxygens (including phenoxy) is 3. The van der Waals surface area contributed by atoms with Gasteiger partial charge in [-0.1, -0.05) is 6.07 Å². The summed E-state index contributed by atoms with van der Waals surface area (Å²) in [5, 5.41) is 2.86. The van der Waals surface area contributed by atoms with Crippen LogP contribution in [0.5, 0.6) is 17.2 Å². The smallest absolute Gasteiger partial charge is 0.224 e. The molecule has 5 nitrogen and oxygen atoms in total.